The van der Waals surface area contributed by atoms with Gasteiger partial charge >= 0.3 is 0 Å². The Bertz CT molecular complexity index is 112. The maximum atomic E-state index is 2.44. The Balaban J connectivity index is 0. The molecule has 0 saturated heterocycles. The number of nitrogens with zero attached hydrogens (tertiary/aromatic N) is 1. The molecule has 0 spiro atoms. The molecule has 0 aliphatic rings. The van der Waals surface area contributed by atoms with Crippen molar-refractivity contribution in [1.29, 1.82) is 0 Å². The number of hydrogen-bond donors (Lipinski definition) is 0. The summed E-state index contributed by atoms with van der Waals surface area (Å²) in [6, 6.07) is 2.74. The Morgan fingerprint density at radius 3 is 1.29 bits per heavy atom. The molecule has 3 heteroatoms. The molecule has 0 rings (SSSR count). The topological polar surface area (TPSA) is 3.24 Å². The van der Waals surface area contributed by atoms with Crippen LogP contribution < -0.4 is 0 Å². The third-order valence-electron chi connectivity index (χ3n) is 3.18. The average molecular weight is 214 g/mol. The zero-order chi connectivity index (χ0) is 11.6. The first-order valence-corrected chi connectivity index (χ1v) is 8.83. The quantitative estimate of drug-likeness (QED) is 0.630. The molecule has 0 heterocycles. The van der Waals surface area contributed by atoms with E-state index < -0.39 is 8.24 Å². The highest BCUT2D eigenvalue weighted by molar-refractivity contribution is 6.75. The van der Waals surface area contributed by atoms with E-state index in [1.165, 1.54) is 24.7 Å². The van der Waals surface area contributed by atoms with Gasteiger partial charge in [0.15, 0.2) is 0 Å². The first-order chi connectivity index (χ1) is 6.48. The summed E-state index contributed by atoms with van der Waals surface area (Å²) in [6.45, 7) is 11.4. The summed E-state index contributed by atoms with van der Waals surface area (Å²) in [6.07, 6.45) is 2.44. The lowest BCUT2D eigenvalue weighted by Crippen LogP contribution is -2.44. The van der Waals surface area contributed by atoms with E-state index in [4.69, 9.17) is 0 Å². The lowest BCUT2D eigenvalue weighted by Gasteiger charge is -2.31. The molecule has 0 aliphatic heterocycles. The van der Waals surface area contributed by atoms with Crippen molar-refractivity contribution in [3.05, 3.63) is 0 Å². The number of hydrogen-bond acceptors (Lipinski definition) is 1. The molecule has 0 bridgehead atoms. The molecule has 1 nitrogen and oxygen atoms in total. The molecule has 0 aromatic carbocycles. The summed E-state index contributed by atoms with van der Waals surface area (Å²) in [5.41, 5.74) is 0. The lowest BCUT2D eigenvalue weighted by atomic mass is 9.73. The van der Waals surface area contributed by atoms with Crippen molar-refractivity contribution in [2.75, 3.05) is 14.1 Å². The first kappa shape index (κ1) is 16.7. The van der Waals surface area contributed by atoms with Gasteiger partial charge in [0.2, 0.25) is 0 Å². The van der Waals surface area contributed by atoms with Crippen LogP contribution in [0.25, 0.3) is 0 Å². The third kappa shape index (κ3) is 7.63. The van der Waals surface area contributed by atoms with Gasteiger partial charge in [-0.25, -0.2) is 0 Å². The molecule has 1 radical (unpaired) electrons. The molecular formula is C11H29BNSi. The molecule has 0 fully saturated rings. The van der Waals surface area contributed by atoms with E-state index in [9.17, 15) is 0 Å². The molecule has 0 aromatic heterocycles. The van der Waals surface area contributed by atoms with Crippen LogP contribution >= 0.6 is 0 Å². The van der Waals surface area contributed by atoms with Gasteiger partial charge in [-0.15, -0.1) is 0 Å². The fourth-order valence-electron chi connectivity index (χ4n) is 1.17. The van der Waals surface area contributed by atoms with Gasteiger partial charge in [-0.1, -0.05) is 46.9 Å². The summed E-state index contributed by atoms with van der Waals surface area (Å²) >= 11 is 0. The molecule has 0 amide bonds. The summed E-state index contributed by atoms with van der Waals surface area (Å²) < 4.78 is 2.44. The minimum atomic E-state index is -0.941. The second-order valence-corrected chi connectivity index (χ2v) is 9.51. The predicted molar refractivity (Wildman–Crippen MR) is 73.0 cm³/mol. The van der Waals surface area contributed by atoms with Gasteiger partial charge in [0.25, 0.3) is 0 Å². The Morgan fingerprint density at radius 2 is 1.29 bits per heavy atom. The second kappa shape index (κ2) is 9.78. The van der Waals surface area contributed by atoms with E-state index in [0.29, 0.717) is 0 Å². The van der Waals surface area contributed by atoms with Gasteiger partial charge in [-0.05, 0) is 26.2 Å². The SMILES string of the molecule is CC[B]CC.CC[Si](C)(CC)N(C)C. The summed E-state index contributed by atoms with van der Waals surface area (Å²) in [5.74, 6) is 0. The highest BCUT2D eigenvalue weighted by Gasteiger charge is 2.24. The van der Waals surface area contributed by atoms with Crippen LogP contribution in [0.1, 0.15) is 27.7 Å². The molecule has 0 unspecified atom stereocenters. The standard InChI is InChI=1S/C7H19NSi.C4H10B/c1-6-9(5,7-2)8(3)4;1-3-5-4-2/h6-7H2,1-5H3;3-4H2,1-2H3. The Hall–Kier alpha value is 0.242. The van der Waals surface area contributed by atoms with E-state index in [2.05, 4.69) is 60.2 Å². The van der Waals surface area contributed by atoms with E-state index >= 15 is 0 Å². The summed E-state index contributed by atoms with van der Waals surface area (Å²) in [4.78, 5) is 0. The molecule has 0 aromatic rings. The van der Waals surface area contributed by atoms with E-state index in [-0.39, 0.29) is 0 Å². The molecule has 85 valence electrons. The Labute approximate surface area is 93.6 Å². The highest BCUT2D eigenvalue weighted by atomic mass is 28.3. The van der Waals surface area contributed by atoms with Crippen LogP contribution in [0.3, 0.4) is 0 Å². The first-order valence-electron chi connectivity index (χ1n) is 5.97. The van der Waals surface area contributed by atoms with Crippen LogP contribution in [0.15, 0.2) is 0 Å². The van der Waals surface area contributed by atoms with Crippen molar-refractivity contribution in [3.63, 3.8) is 0 Å². The van der Waals surface area contributed by atoms with Gasteiger partial charge in [0.1, 0.15) is 15.5 Å². The summed E-state index contributed by atoms with van der Waals surface area (Å²) in [7, 11) is 5.72. The molecular weight excluding hydrogens is 185 g/mol. The van der Waals surface area contributed by atoms with Crippen molar-refractivity contribution in [2.24, 2.45) is 0 Å². The van der Waals surface area contributed by atoms with E-state index in [0.717, 1.165) is 0 Å². The van der Waals surface area contributed by atoms with Crippen LogP contribution in [-0.2, 0) is 0 Å². The number of rotatable bonds is 5. The second-order valence-electron chi connectivity index (χ2n) is 4.20. The smallest absolute Gasteiger partial charge is 0.124 e. The largest absolute Gasteiger partial charge is 0.329 e. The van der Waals surface area contributed by atoms with Crippen LogP contribution in [0.4, 0.5) is 0 Å². The fraction of sp³-hybridized carbons (Fsp3) is 1.00. The average Bonchev–Trinajstić information content (AvgIpc) is 2.18. The molecule has 0 N–H and O–H groups in total. The van der Waals surface area contributed by atoms with Crippen LogP contribution in [0.5, 0.6) is 0 Å². The van der Waals surface area contributed by atoms with Crippen molar-refractivity contribution in [3.8, 4) is 0 Å². The van der Waals surface area contributed by atoms with Crippen molar-refractivity contribution < 1.29 is 0 Å². The van der Waals surface area contributed by atoms with Gasteiger partial charge in [0, 0.05) is 0 Å². The van der Waals surface area contributed by atoms with Crippen LogP contribution in [0, 0.1) is 0 Å². The summed E-state index contributed by atoms with van der Waals surface area (Å²) in [5, 5.41) is 0. The van der Waals surface area contributed by atoms with Gasteiger partial charge in [0.05, 0.1) is 0 Å². The Kier molecular flexibility index (Phi) is 11.6. The maximum Gasteiger partial charge on any atom is 0.124 e. The zero-order valence-electron chi connectivity index (χ0n) is 11.4. The van der Waals surface area contributed by atoms with Crippen LogP contribution in [0.2, 0.25) is 31.3 Å². The van der Waals surface area contributed by atoms with Gasteiger partial charge in [-0.3, -0.25) is 0 Å². The third-order valence-corrected chi connectivity index (χ3v) is 8.39. The maximum absolute atomic E-state index is 2.44. The van der Waals surface area contributed by atoms with E-state index in [1.54, 1.807) is 0 Å². The predicted octanol–water partition coefficient (Wildman–Crippen LogP) is 3.73. The minimum Gasteiger partial charge on any atom is -0.329 e. The zero-order valence-corrected chi connectivity index (χ0v) is 12.4. The monoisotopic (exact) mass is 214 g/mol. The van der Waals surface area contributed by atoms with Crippen LogP contribution in [-0.4, -0.2) is 34.2 Å². The van der Waals surface area contributed by atoms with Gasteiger partial charge in [-0.2, -0.15) is 0 Å². The molecule has 0 aliphatic carbocycles. The lowest BCUT2D eigenvalue weighted by molar-refractivity contribution is 0.611. The van der Waals surface area contributed by atoms with Gasteiger partial charge < -0.3 is 4.57 Å². The van der Waals surface area contributed by atoms with Crippen molar-refractivity contribution in [1.82, 2.24) is 4.57 Å². The molecule has 14 heavy (non-hydrogen) atoms. The molecule has 0 atom stereocenters. The fourth-order valence-corrected chi connectivity index (χ4v) is 2.94. The molecule has 0 saturated carbocycles. The Morgan fingerprint density at radius 1 is 0.929 bits per heavy atom. The van der Waals surface area contributed by atoms with E-state index in [1.807, 2.05) is 0 Å². The highest BCUT2D eigenvalue weighted by Crippen LogP contribution is 2.15. The minimum absolute atomic E-state index is 0.941. The normalized spacial score (nSPS) is 10.9. The van der Waals surface area contributed by atoms with Crippen molar-refractivity contribution in [2.45, 2.75) is 59.0 Å². The van der Waals surface area contributed by atoms with Crippen molar-refractivity contribution >= 4 is 15.5 Å².